The van der Waals surface area contributed by atoms with Crippen LogP contribution in [0, 0.1) is 24.2 Å². The molecule has 1 aromatic rings. The van der Waals surface area contributed by atoms with Gasteiger partial charge in [-0.3, -0.25) is 4.90 Å². The molecule has 2 fully saturated rings. The van der Waals surface area contributed by atoms with E-state index in [4.69, 9.17) is 10.00 Å². The molecule has 0 amide bonds. The lowest BCUT2D eigenvalue weighted by atomic mass is 9.81. The maximum atomic E-state index is 8.80. The van der Waals surface area contributed by atoms with E-state index in [1.54, 1.807) is 0 Å². The molecule has 1 saturated carbocycles. The van der Waals surface area contributed by atoms with Crippen LogP contribution < -0.4 is 4.74 Å². The summed E-state index contributed by atoms with van der Waals surface area (Å²) in [7, 11) is 0. The van der Waals surface area contributed by atoms with Crippen molar-refractivity contribution < 1.29 is 4.74 Å². The summed E-state index contributed by atoms with van der Waals surface area (Å²) in [5.74, 6) is 1.61. The number of rotatable bonds is 4. The van der Waals surface area contributed by atoms with Crippen molar-refractivity contribution in [3.8, 4) is 11.8 Å². The second-order valence-corrected chi connectivity index (χ2v) is 7.31. The molecule has 0 N–H and O–H groups in total. The topological polar surface area (TPSA) is 36.3 Å². The fourth-order valence-electron chi connectivity index (χ4n) is 3.87. The first-order valence-corrected chi connectivity index (χ1v) is 8.45. The summed E-state index contributed by atoms with van der Waals surface area (Å²) in [4.78, 5) is 2.57. The first-order chi connectivity index (χ1) is 10.6. The van der Waals surface area contributed by atoms with Crippen LogP contribution in [0.4, 0.5) is 0 Å². The van der Waals surface area contributed by atoms with Gasteiger partial charge in [0.25, 0.3) is 0 Å². The molecule has 126 valence electrons. The van der Waals surface area contributed by atoms with Gasteiger partial charge in [0.2, 0.25) is 0 Å². The van der Waals surface area contributed by atoms with Crippen LogP contribution in [0.25, 0.3) is 0 Å². The Morgan fingerprint density at radius 3 is 2.35 bits per heavy atom. The van der Waals surface area contributed by atoms with Crippen molar-refractivity contribution >= 4 is 0 Å². The zero-order valence-electron chi connectivity index (χ0n) is 13.7. The number of nitrogens with zero attached hydrogens (tertiary/aromatic N) is 2. The van der Waals surface area contributed by atoms with E-state index in [1.165, 1.54) is 31.2 Å². The summed E-state index contributed by atoms with van der Waals surface area (Å²) in [6.45, 7) is 6.35. The van der Waals surface area contributed by atoms with Crippen molar-refractivity contribution in [1.29, 1.82) is 5.26 Å². The molecule has 1 aliphatic heterocycles. The average Bonchev–Trinajstić information content (AvgIpc) is 2.48. The first kappa shape index (κ1) is 17.8. The van der Waals surface area contributed by atoms with Gasteiger partial charge in [-0.2, -0.15) is 5.26 Å². The van der Waals surface area contributed by atoms with Gasteiger partial charge in [-0.1, -0.05) is 25.1 Å². The molecule has 3 nitrogen and oxygen atoms in total. The van der Waals surface area contributed by atoms with Gasteiger partial charge in [0.15, 0.2) is 0 Å². The van der Waals surface area contributed by atoms with E-state index >= 15 is 0 Å². The van der Waals surface area contributed by atoms with Crippen LogP contribution in [-0.4, -0.2) is 29.6 Å². The minimum absolute atomic E-state index is 0. The predicted octanol–water partition coefficient (Wildman–Crippen LogP) is 4.56. The Morgan fingerprint density at radius 1 is 1.17 bits per heavy atom. The van der Waals surface area contributed by atoms with E-state index in [0.717, 1.165) is 25.3 Å². The zero-order valence-corrected chi connectivity index (χ0v) is 13.7. The van der Waals surface area contributed by atoms with Crippen LogP contribution in [0.3, 0.4) is 0 Å². The summed E-state index contributed by atoms with van der Waals surface area (Å²) in [5.41, 5.74) is 1.22. The van der Waals surface area contributed by atoms with Crippen LogP contribution in [-0.2, 0) is 0 Å². The van der Waals surface area contributed by atoms with Gasteiger partial charge in [0.05, 0.1) is 6.07 Å². The minimum Gasteiger partial charge on any atom is -0.485 e. The van der Waals surface area contributed by atoms with Crippen molar-refractivity contribution in [2.24, 2.45) is 5.92 Å². The predicted molar refractivity (Wildman–Crippen MR) is 94.5 cm³/mol. The Hall–Kier alpha value is -1.53. The third-order valence-electron chi connectivity index (χ3n) is 5.17. The van der Waals surface area contributed by atoms with Gasteiger partial charge in [-0.25, -0.2) is 0 Å². The van der Waals surface area contributed by atoms with Gasteiger partial charge in [-0.05, 0) is 57.6 Å². The molecule has 0 unspecified atom stereocenters. The van der Waals surface area contributed by atoms with Crippen LogP contribution >= 0.6 is 0 Å². The highest BCUT2D eigenvalue weighted by Gasteiger charge is 2.44. The molecule has 0 aromatic heterocycles. The van der Waals surface area contributed by atoms with Gasteiger partial charge < -0.3 is 4.74 Å². The number of nitriles is 1. The molecule has 0 bridgehead atoms. The minimum atomic E-state index is -0.0429. The van der Waals surface area contributed by atoms with E-state index in [9.17, 15) is 0 Å². The third-order valence-corrected chi connectivity index (χ3v) is 5.17. The third kappa shape index (κ3) is 4.26. The van der Waals surface area contributed by atoms with Crippen molar-refractivity contribution in [3.63, 3.8) is 0 Å². The van der Waals surface area contributed by atoms with Crippen LogP contribution in [0.2, 0.25) is 0 Å². The van der Waals surface area contributed by atoms with Gasteiger partial charge in [-0.15, -0.1) is 0 Å². The Labute approximate surface area is 141 Å². The molecule has 0 atom stereocenters. The summed E-state index contributed by atoms with van der Waals surface area (Å²) in [6, 6.07) is 11.4. The molecule has 1 saturated heterocycles. The molecule has 0 radical (unpaired) electrons. The van der Waals surface area contributed by atoms with Gasteiger partial charge in [0.1, 0.15) is 11.4 Å². The summed E-state index contributed by atoms with van der Waals surface area (Å²) >= 11 is 0. The highest BCUT2D eigenvalue weighted by molar-refractivity contribution is 5.27. The highest BCUT2D eigenvalue weighted by atomic mass is 16.5. The van der Waals surface area contributed by atoms with E-state index < -0.39 is 0 Å². The monoisotopic (exact) mass is 314 g/mol. The van der Waals surface area contributed by atoms with Crippen molar-refractivity contribution in [2.45, 2.75) is 65.0 Å². The molecular weight excluding hydrogens is 284 g/mol. The molecule has 3 rings (SSSR count). The zero-order chi connectivity index (χ0) is 15.6. The Balaban J connectivity index is 0.00000192. The molecule has 0 spiro atoms. The lowest BCUT2D eigenvalue weighted by molar-refractivity contribution is -0.0914. The fourth-order valence-corrected chi connectivity index (χ4v) is 3.87. The Morgan fingerprint density at radius 2 is 1.78 bits per heavy atom. The number of ether oxygens (including phenoxy) is 1. The summed E-state index contributed by atoms with van der Waals surface area (Å²) in [6.07, 6.45) is 5.65. The molecule has 1 heterocycles. The van der Waals surface area contributed by atoms with E-state index in [2.05, 4.69) is 49.1 Å². The highest BCUT2D eigenvalue weighted by Crippen LogP contribution is 2.35. The average molecular weight is 314 g/mol. The maximum absolute atomic E-state index is 8.80. The first-order valence-electron chi connectivity index (χ1n) is 8.45. The molecule has 1 aromatic carbocycles. The number of hydrogen-bond donors (Lipinski definition) is 0. The SMILES string of the molecule is C.Cc1ccc(OC2(C)CN(C3CCC(CC#N)CC3)C2)cc1. The Bertz CT molecular complexity index is 532. The van der Waals surface area contributed by atoms with Gasteiger partial charge in [0, 0.05) is 25.6 Å². The van der Waals surface area contributed by atoms with Crippen LogP contribution in [0.15, 0.2) is 24.3 Å². The van der Waals surface area contributed by atoms with E-state index in [0.29, 0.717) is 12.0 Å². The second-order valence-electron chi connectivity index (χ2n) is 7.31. The lowest BCUT2D eigenvalue weighted by Gasteiger charge is -2.52. The Kier molecular flexibility index (Phi) is 5.70. The quantitative estimate of drug-likeness (QED) is 0.817. The van der Waals surface area contributed by atoms with Crippen molar-refractivity contribution in [1.82, 2.24) is 4.90 Å². The van der Waals surface area contributed by atoms with Crippen molar-refractivity contribution in [2.75, 3.05) is 13.1 Å². The number of aryl methyl sites for hydroxylation is 1. The summed E-state index contributed by atoms with van der Waals surface area (Å²) < 4.78 is 6.19. The number of hydrogen-bond acceptors (Lipinski definition) is 3. The summed E-state index contributed by atoms with van der Waals surface area (Å²) in [5, 5.41) is 8.80. The van der Waals surface area contributed by atoms with E-state index in [-0.39, 0.29) is 13.0 Å². The van der Waals surface area contributed by atoms with Crippen LogP contribution in [0.1, 0.15) is 52.0 Å². The number of benzene rings is 1. The largest absolute Gasteiger partial charge is 0.485 e. The van der Waals surface area contributed by atoms with Gasteiger partial charge >= 0.3 is 0 Å². The second kappa shape index (κ2) is 7.36. The number of likely N-dealkylation sites (tertiary alicyclic amines) is 1. The smallest absolute Gasteiger partial charge is 0.131 e. The maximum Gasteiger partial charge on any atom is 0.131 e. The molecule has 23 heavy (non-hydrogen) atoms. The van der Waals surface area contributed by atoms with Crippen molar-refractivity contribution in [3.05, 3.63) is 29.8 Å². The normalized spacial score (nSPS) is 26.5. The fraction of sp³-hybridized carbons (Fsp3) is 0.650. The molecule has 2 aliphatic rings. The molecule has 3 heteroatoms. The lowest BCUT2D eigenvalue weighted by Crippen LogP contribution is -2.66. The standard InChI is InChI=1S/C19H26N2O.CH4/c1-15-3-9-18(10-4-15)22-19(2)13-21(14-19)17-7-5-16(6-8-17)11-12-20;/h3-4,9-10,16-17H,5-8,11,13-14H2,1-2H3;1H4. The molecular formula is C20H30N2O. The van der Waals surface area contributed by atoms with E-state index in [1.807, 2.05) is 0 Å². The molecule has 1 aliphatic carbocycles. The van der Waals surface area contributed by atoms with Crippen LogP contribution in [0.5, 0.6) is 5.75 Å².